The smallest absolute Gasteiger partial charge is 0.191 e. The lowest BCUT2D eigenvalue weighted by molar-refractivity contribution is 0.0420. The first-order valence-electron chi connectivity index (χ1n) is 8.71. The monoisotopic (exact) mass is 440 g/mol. The molecule has 0 saturated carbocycles. The van der Waals surface area contributed by atoms with Gasteiger partial charge in [-0.2, -0.15) is 0 Å². The van der Waals surface area contributed by atoms with Gasteiger partial charge in [0.1, 0.15) is 0 Å². The summed E-state index contributed by atoms with van der Waals surface area (Å²) >= 11 is 0. The number of likely N-dealkylation sites (N-methyl/N-ethyl adjacent to an activating group) is 1. The molecule has 23 heavy (non-hydrogen) atoms. The van der Waals surface area contributed by atoms with E-state index in [4.69, 9.17) is 14.5 Å². The van der Waals surface area contributed by atoms with E-state index in [1.807, 2.05) is 0 Å². The Labute approximate surface area is 157 Å². The van der Waals surface area contributed by atoms with Crippen molar-refractivity contribution in [2.45, 2.75) is 44.8 Å². The van der Waals surface area contributed by atoms with Crippen LogP contribution < -0.4 is 10.6 Å². The van der Waals surface area contributed by atoms with Gasteiger partial charge in [0.15, 0.2) is 5.96 Å². The summed E-state index contributed by atoms with van der Waals surface area (Å²) in [5.74, 6) is 0.923. The molecule has 0 radical (unpaired) electrons. The minimum Gasteiger partial charge on any atom is -0.379 e. The Morgan fingerprint density at radius 3 is 2.87 bits per heavy atom. The highest BCUT2D eigenvalue weighted by Gasteiger charge is 2.20. The molecule has 136 valence electrons. The summed E-state index contributed by atoms with van der Waals surface area (Å²) in [5.41, 5.74) is 0. The molecule has 2 unspecified atom stereocenters. The number of halogens is 1. The molecule has 2 fully saturated rings. The highest BCUT2D eigenvalue weighted by Crippen LogP contribution is 2.14. The van der Waals surface area contributed by atoms with Crippen molar-refractivity contribution >= 4 is 29.9 Å². The van der Waals surface area contributed by atoms with Crippen LogP contribution >= 0.6 is 24.0 Å². The maximum Gasteiger partial charge on any atom is 0.191 e. The third-order valence-electron chi connectivity index (χ3n) is 4.33. The molecule has 2 saturated heterocycles. The van der Waals surface area contributed by atoms with Crippen LogP contribution in [0.3, 0.4) is 0 Å². The van der Waals surface area contributed by atoms with Crippen LogP contribution in [-0.4, -0.2) is 76.1 Å². The predicted molar refractivity (Wildman–Crippen MR) is 105 cm³/mol. The second kappa shape index (κ2) is 12.3. The molecular formula is C16H33IN4O2. The van der Waals surface area contributed by atoms with Crippen LogP contribution in [-0.2, 0) is 9.47 Å². The molecule has 2 aliphatic rings. The Hall–Kier alpha value is -0.120. The molecule has 6 nitrogen and oxygen atoms in total. The van der Waals surface area contributed by atoms with Gasteiger partial charge in [-0.25, -0.2) is 0 Å². The zero-order valence-corrected chi connectivity index (χ0v) is 16.9. The van der Waals surface area contributed by atoms with E-state index in [9.17, 15) is 0 Å². The van der Waals surface area contributed by atoms with Crippen LogP contribution in [0.15, 0.2) is 4.99 Å². The van der Waals surface area contributed by atoms with Crippen LogP contribution in [0.4, 0.5) is 0 Å². The molecule has 7 heteroatoms. The molecule has 2 rings (SSSR count). The summed E-state index contributed by atoms with van der Waals surface area (Å²) in [6.45, 7) is 8.34. The molecule has 0 aromatic heterocycles. The van der Waals surface area contributed by atoms with Gasteiger partial charge in [0, 0.05) is 32.3 Å². The van der Waals surface area contributed by atoms with E-state index in [1.165, 1.54) is 19.4 Å². The number of rotatable bonds is 8. The Morgan fingerprint density at radius 2 is 2.22 bits per heavy atom. The van der Waals surface area contributed by atoms with Gasteiger partial charge in [0.25, 0.3) is 0 Å². The zero-order valence-electron chi connectivity index (χ0n) is 14.6. The normalized spacial score (nSPS) is 25.4. The number of hydrogen-bond donors (Lipinski definition) is 2. The number of nitrogens with one attached hydrogen (secondary N) is 2. The van der Waals surface area contributed by atoms with Gasteiger partial charge in [0.2, 0.25) is 0 Å². The fourth-order valence-corrected chi connectivity index (χ4v) is 2.92. The van der Waals surface area contributed by atoms with E-state index in [2.05, 4.69) is 29.5 Å². The number of guanidine groups is 1. The third-order valence-corrected chi connectivity index (χ3v) is 4.33. The van der Waals surface area contributed by atoms with Gasteiger partial charge in [-0.15, -0.1) is 24.0 Å². The first-order chi connectivity index (χ1) is 10.8. The number of aliphatic imine (C=N–C) groups is 1. The molecule has 0 aliphatic carbocycles. The van der Waals surface area contributed by atoms with Crippen LogP contribution in [0, 0.1) is 0 Å². The van der Waals surface area contributed by atoms with E-state index in [0.717, 1.165) is 58.3 Å². The predicted octanol–water partition coefficient (Wildman–Crippen LogP) is 1.45. The lowest BCUT2D eigenvalue weighted by atomic mass is 10.2. The fraction of sp³-hybridized carbons (Fsp3) is 0.938. The van der Waals surface area contributed by atoms with E-state index in [1.54, 1.807) is 0 Å². The molecule has 0 amide bonds. The van der Waals surface area contributed by atoms with Crippen LogP contribution in [0.1, 0.15) is 32.6 Å². The summed E-state index contributed by atoms with van der Waals surface area (Å²) in [5, 5.41) is 6.71. The fourth-order valence-electron chi connectivity index (χ4n) is 2.92. The highest BCUT2D eigenvalue weighted by atomic mass is 127. The summed E-state index contributed by atoms with van der Waals surface area (Å²) in [6, 6.07) is 0.598. The Kier molecular flexibility index (Phi) is 11.2. The van der Waals surface area contributed by atoms with Gasteiger partial charge < -0.3 is 25.0 Å². The molecule has 0 aromatic carbocycles. The topological polar surface area (TPSA) is 58.1 Å². The zero-order chi connectivity index (χ0) is 15.6. The van der Waals surface area contributed by atoms with E-state index < -0.39 is 0 Å². The molecular weight excluding hydrogens is 407 g/mol. The highest BCUT2D eigenvalue weighted by molar-refractivity contribution is 14.0. The van der Waals surface area contributed by atoms with Gasteiger partial charge in [-0.05, 0) is 46.2 Å². The Bertz CT molecular complexity index is 338. The summed E-state index contributed by atoms with van der Waals surface area (Å²) in [6.07, 6.45) is 4.88. The SMILES string of the molecule is CCNC(=NCC1CCCN1C)NCCCOC1CCOC1.I. The Balaban J connectivity index is 0.00000264. The van der Waals surface area contributed by atoms with Crippen molar-refractivity contribution in [2.24, 2.45) is 4.99 Å². The number of ether oxygens (including phenoxy) is 2. The minimum absolute atomic E-state index is 0. The van der Waals surface area contributed by atoms with Crippen molar-refractivity contribution in [3.05, 3.63) is 0 Å². The van der Waals surface area contributed by atoms with Gasteiger partial charge >= 0.3 is 0 Å². The van der Waals surface area contributed by atoms with E-state index >= 15 is 0 Å². The molecule has 2 N–H and O–H groups in total. The van der Waals surface area contributed by atoms with Crippen molar-refractivity contribution in [2.75, 3.05) is 53.0 Å². The molecule has 2 atom stereocenters. The standard InChI is InChI=1S/C16H32N4O2.HI/c1-3-17-16(19-12-14-6-4-9-20(14)2)18-8-5-10-22-15-7-11-21-13-15;/h14-15H,3-13H2,1-2H3,(H2,17,18,19);1H. The van der Waals surface area contributed by atoms with Crippen molar-refractivity contribution in [3.63, 3.8) is 0 Å². The largest absolute Gasteiger partial charge is 0.379 e. The number of likely N-dealkylation sites (tertiary alicyclic amines) is 1. The summed E-state index contributed by atoms with van der Waals surface area (Å²) in [7, 11) is 2.19. The first kappa shape index (κ1) is 20.9. The van der Waals surface area contributed by atoms with Gasteiger partial charge in [-0.3, -0.25) is 4.99 Å². The lowest BCUT2D eigenvalue weighted by Crippen LogP contribution is -2.39. The summed E-state index contributed by atoms with van der Waals surface area (Å²) in [4.78, 5) is 7.12. The van der Waals surface area contributed by atoms with Crippen LogP contribution in [0.25, 0.3) is 0 Å². The van der Waals surface area contributed by atoms with Gasteiger partial charge in [-0.1, -0.05) is 0 Å². The molecule has 0 spiro atoms. The quantitative estimate of drug-likeness (QED) is 0.259. The average Bonchev–Trinajstić information content (AvgIpc) is 3.16. The average molecular weight is 440 g/mol. The minimum atomic E-state index is 0. The summed E-state index contributed by atoms with van der Waals surface area (Å²) < 4.78 is 11.1. The molecule has 0 bridgehead atoms. The number of nitrogens with zero attached hydrogens (tertiary/aromatic N) is 2. The molecule has 2 heterocycles. The van der Waals surface area contributed by atoms with Crippen molar-refractivity contribution in [1.29, 1.82) is 0 Å². The second-order valence-corrected chi connectivity index (χ2v) is 6.13. The third kappa shape index (κ3) is 8.00. The molecule has 0 aromatic rings. The second-order valence-electron chi connectivity index (χ2n) is 6.13. The Morgan fingerprint density at radius 1 is 1.35 bits per heavy atom. The van der Waals surface area contributed by atoms with Crippen LogP contribution in [0.2, 0.25) is 0 Å². The van der Waals surface area contributed by atoms with Crippen LogP contribution in [0.5, 0.6) is 0 Å². The van der Waals surface area contributed by atoms with Crippen molar-refractivity contribution < 1.29 is 9.47 Å². The van der Waals surface area contributed by atoms with Crippen molar-refractivity contribution in [3.8, 4) is 0 Å². The maximum atomic E-state index is 5.77. The van der Waals surface area contributed by atoms with Gasteiger partial charge in [0.05, 0.1) is 19.3 Å². The maximum absolute atomic E-state index is 5.77. The van der Waals surface area contributed by atoms with Crippen molar-refractivity contribution in [1.82, 2.24) is 15.5 Å². The van der Waals surface area contributed by atoms with E-state index in [0.29, 0.717) is 12.1 Å². The lowest BCUT2D eigenvalue weighted by Gasteiger charge is -2.18. The van der Waals surface area contributed by atoms with E-state index in [-0.39, 0.29) is 24.0 Å². The first-order valence-corrected chi connectivity index (χ1v) is 8.71. The number of hydrogen-bond acceptors (Lipinski definition) is 4. The molecule has 2 aliphatic heterocycles.